The molecule has 0 radical (unpaired) electrons. The molecule has 0 saturated heterocycles. The first-order valence-electron chi connectivity index (χ1n) is 35.3. The second-order valence-corrected chi connectivity index (χ2v) is 31.3. The number of nitrogens with zero attached hydrogens (tertiary/aromatic N) is 6. The Morgan fingerprint density at radius 2 is 0.553 bits per heavy atom. The SMILES string of the molecule is CN(C)c1ccc(N2c3ccc(-c4cc(-c5ccccc5)c5ccc6c(-c7ccc8c(c7)C7(C)CCCCC7(C)N8c7ccc(N(C)C)cc7)cc(-c7ccc8c(c7)C7(C)CCCCC7(C)N8c7ccc(N(C)C)cc7)c7ccc4c5c67)cc3C3(C)CCCCC23C)cc1. The first-order chi connectivity index (χ1) is 45.3. The van der Waals surface area contributed by atoms with Crippen LogP contribution >= 0.6 is 0 Å². The zero-order valence-corrected chi connectivity index (χ0v) is 57.6. The van der Waals surface area contributed by atoms with Gasteiger partial charge in [-0.25, -0.2) is 0 Å². The van der Waals surface area contributed by atoms with E-state index >= 15 is 0 Å². The summed E-state index contributed by atoms with van der Waals surface area (Å²) in [5, 5.41) is 7.95. The van der Waals surface area contributed by atoms with Crippen LogP contribution in [0.15, 0.2) is 194 Å². The first-order valence-corrected chi connectivity index (χ1v) is 35.3. The monoisotopic (exact) mass is 1230 g/mol. The minimum Gasteiger partial charge on any atom is -0.378 e. The van der Waals surface area contributed by atoms with Crippen molar-refractivity contribution in [2.75, 3.05) is 71.7 Å². The molecule has 17 rings (SSSR count). The summed E-state index contributed by atoms with van der Waals surface area (Å²) in [5.74, 6) is 0. The van der Waals surface area contributed by atoms with Crippen LogP contribution in [-0.4, -0.2) is 58.9 Å². The molecule has 0 amide bonds. The van der Waals surface area contributed by atoms with E-state index in [4.69, 9.17) is 0 Å². The smallest absolute Gasteiger partial charge is 0.0517 e. The molecule has 474 valence electrons. The molecular weight excluding hydrogens is 1140 g/mol. The van der Waals surface area contributed by atoms with E-state index < -0.39 is 0 Å². The predicted molar refractivity (Wildman–Crippen MR) is 403 cm³/mol. The van der Waals surface area contributed by atoms with Gasteiger partial charge in [-0.1, -0.05) is 132 Å². The maximum atomic E-state index is 2.74. The second-order valence-electron chi connectivity index (χ2n) is 31.3. The largest absolute Gasteiger partial charge is 0.378 e. The standard InChI is InChI=1S/C88H92N6/c1-83-46-16-19-49-86(83,4)92(64-33-27-61(28-34-64)89(7)8)78-43-24-58(52-75(78)83)72-55-71(57-22-14-13-15-23-57)67-39-40-69-73(59-25-44-79-76(53-59)84(2)47-17-20-50-87(84,5)93(79)65-35-29-62(30-36-65)90(9)10)56-74(70-42-41-68(72)81(67)82(69)70)60-26-45-80-77(54-60)85(3)48-18-21-51-88(85,6)94(80)66-37-31-63(32-38-66)91(11)12/h13-15,22-45,52-56H,16-21,46-51H2,1-12H3. The molecule has 3 heterocycles. The summed E-state index contributed by atoms with van der Waals surface area (Å²) in [4.78, 5) is 14.8. The number of hydrogen-bond acceptors (Lipinski definition) is 6. The molecule has 94 heavy (non-hydrogen) atoms. The van der Waals surface area contributed by atoms with Crippen molar-refractivity contribution in [1.29, 1.82) is 0 Å². The van der Waals surface area contributed by atoms with Crippen LogP contribution in [0.1, 0.15) is 135 Å². The van der Waals surface area contributed by atoms with Crippen molar-refractivity contribution >= 4 is 83.5 Å². The van der Waals surface area contributed by atoms with Crippen molar-refractivity contribution < 1.29 is 0 Å². The average Bonchev–Trinajstić information content (AvgIpc) is 1.47. The topological polar surface area (TPSA) is 19.4 Å². The van der Waals surface area contributed by atoms with Gasteiger partial charge in [0.2, 0.25) is 0 Å². The van der Waals surface area contributed by atoms with Gasteiger partial charge < -0.3 is 29.4 Å². The summed E-state index contributed by atoms with van der Waals surface area (Å²) >= 11 is 0. The molecule has 0 bridgehead atoms. The fourth-order valence-corrected chi connectivity index (χ4v) is 20.2. The Balaban J connectivity index is 0.919. The lowest BCUT2D eigenvalue weighted by Crippen LogP contribution is -2.54. The van der Waals surface area contributed by atoms with Crippen LogP contribution in [0, 0.1) is 0 Å². The fraction of sp³-hybridized carbons (Fsp3) is 0.341. The minimum absolute atomic E-state index is 0.0435. The lowest BCUT2D eigenvalue weighted by molar-refractivity contribution is 0.195. The van der Waals surface area contributed by atoms with Gasteiger partial charge in [-0.2, -0.15) is 0 Å². The molecule has 6 nitrogen and oxygen atoms in total. The first kappa shape index (κ1) is 59.0. The molecule has 0 N–H and O–H groups in total. The van der Waals surface area contributed by atoms with Crippen LogP contribution in [0.5, 0.6) is 0 Å². The number of anilines is 9. The quantitative estimate of drug-likeness (QED) is 0.126. The number of fused-ring (bicyclic) bond motifs is 9. The van der Waals surface area contributed by atoms with Gasteiger partial charge in [-0.15, -0.1) is 0 Å². The van der Waals surface area contributed by atoms with Crippen molar-refractivity contribution in [2.24, 2.45) is 0 Å². The van der Waals surface area contributed by atoms with E-state index in [0.29, 0.717) is 0 Å². The molecule has 6 unspecified atom stereocenters. The Morgan fingerprint density at radius 3 is 0.840 bits per heavy atom. The van der Waals surface area contributed by atoms with E-state index in [0.717, 1.165) is 38.5 Å². The van der Waals surface area contributed by atoms with E-state index in [2.05, 4.69) is 307 Å². The minimum atomic E-state index is -0.0826. The van der Waals surface area contributed by atoms with Gasteiger partial charge in [0, 0.05) is 110 Å². The zero-order valence-electron chi connectivity index (χ0n) is 57.6. The summed E-state index contributed by atoms with van der Waals surface area (Å²) in [6.45, 7) is 15.5. The van der Waals surface area contributed by atoms with Crippen LogP contribution < -0.4 is 29.4 Å². The van der Waals surface area contributed by atoms with E-state index in [1.807, 2.05) is 0 Å². The second kappa shape index (κ2) is 20.9. The average molecular weight is 1230 g/mol. The third-order valence-electron chi connectivity index (χ3n) is 26.1. The normalized spacial score (nSPS) is 25.1. The highest BCUT2D eigenvalue weighted by Gasteiger charge is 2.60. The van der Waals surface area contributed by atoms with Crippen molar-refractivity contribution in [3.8, 4) is 44.5 Å². The summed E-state index contributed by atoms with van der Waals surface area (Å²) in [7, 11) is 12.8. The lowest BCUT2D eigenvalue weighted by atomic mass is 9.61. The lowest BCUT2D eigenvalue weighted by Gasteiger charge is -2.50. The van der Waals surface area contributed by atoms with Crippen LogP contribution in [-0.2, 0) is 16.2 Å². The van der Waals surface area contributed by atoms with E-state index in [1.54, 1.807) is 0 Å². The number of rotatable bonds is 10. The van der Waals surface area contributed by atoms with E-state index in [1.165, 1.54) is 183 Å². The van der Waals surface area contributed by atoms with Gasteiger partial charge in [0.25, 0.3) is 0 Å². The van der Waals surface area contributed by atoms with Crippen LogP contribution in [0.25, 0.3) is 76.8 Å². The molecule has 6 heteroatoms. The van der Waals surface area contributed by atoms with Crippen molar-refractivity contribution in [1.82, 2.24) is 0 Å². The maximum Gasteiger partial charge on any atom is 0.0517 e. The Labute approximate surface area is 558 Å². The molecule has 11 aromatic carbocycles. The highest BCUT2D eigenvalue weighted by atomic mass is 15.3. The molecule has 3 fully saturated rings. The summed E-state index contributed by atoms with van der Waals surface area (Å²) in [5.41, 5.74) is 25.9. The van der Waals surface area contributed by atoms with Gasteiger partial charge >= 0.3 is 0 Å². The number of benzene rings is 11. The Kier molecular flexibility index (Phi) is 13.1. The Hall–Kier alpha value is -8.74. The molecule has 3 aliphatic carbocycles. The molecule has 6 aliphatic rings. The maximum absolute atomic E-state index is 2.74. The molecule has 3 saturated carbocycles. The molecule has 11 aromatic rings. The zero-order chi connectivity index (χ0) is 64.6. The van der Waals surface area contributed by atoms with Gasteiger partial charge in [0.1, 0.15) is 0 Å². The molecule has 0 spiro atoms. The summed E-state index contributed by atoms with van der Waals surface area (Å²) in [6, 6.07) is 77.4. The Morgan fingerprint density at radius 1 is 0.277 bits per heavy atom. The molecular formula is C88H92N6. The van der Waals surface area contributed by atoms with Gasteiger partial charge in [-0.3, -0.25) is 0 Å². The predicted octanol–water partition coefficient (Wildman–Crippen LogP) is 22.7. The van der Waals surface area contributed by atoms with Crippen molar-refractivity contribution in [3.63, 3.8) is 0 Å². The number of hydrogen-bond donors (Lipinski definition) is 0. The highest BCUT2D eigenvalue weighted by Crippen LogP contribution is 2.65. The third-order valence-corrected chi connectivity index (χ3v) is 26.1. The third kappa shape index (κ3) is 8.07. The van der Waals surface area contributed by atoms with Crippen LogP contribution in [0.2, 0.25) is 0 Å². The summed E-state index contributed by atoms with van der Waals surface area (Å²) in [6.07, 6.45) is 14.4. The summed E-state index contributed by atoms with van der Waals surface area (Å²) < 4.78 is 0. The van der Waals surface area contributed by atoms with Crippen LogP contribution in [0.3, 0.4) is 0 Å². The van der Waals surface area contributed by atoms with Crippen molar-refractivity contribution in [2.45, 2.75) is 151 Å². The fourth-order valence-electron chi connectivity index (χ4n) is 20.2. The van der Waals surface area contributed by atoms with Gasteiger partial charge in [0.05, 0.1) is 16.6 Å². The van der Waals surface area contributed by atoms with Gasteiger partial charge in [-0.05, 0) is 274 Å². The highest BCUT2D eigenvalue weighted by molar-refractivity contribution is 6.32. The van der Waals surface area contributed by atoms with E-state index in [9.17, 15) is 0 Å². The molecule has 0 aromatic heterocycles. The Bertz CT molecular complexity index is 4680. The van der Waals surface area contributed by atoms with E-state index in [-0.39, 0.29) is 32.9 Å². The van der Waals surface area contributed by atoms with Crippen molar-refractivity contribution in [3.05, 3.63) is 211 Å². The van der Waals surface area contributed by atoms with Gasteiger partial charge in [0.15, 0.2) is 0 Å². The van der Waals surface area contributed by atoms with Crippen LogP contribution in [0.4, 0.5) is 51.2 Å². The molecule has 3 aliphatic heterocycles. The molecule has 6 atom stereocenters.